The minimum absolute atomic E-state index is 0.0221. The number of aromatic nitrogens is 1. The van der Waals surface area contributed by atoms with Crippen LogP contribution >= 0.6 is 0 Å². The summed E-state index contributed by atoms with van der Waals surface area (Å²) in [5.41, 5.74) is -0.466. The largest absolute Gasteiger partial charge is 0.444 e. The van der Waals surface area contributed by atoms with Crippen LogP contribution in [0.3, 0.4) is 0 Å². The summed E-state index contributed by atoms with van der Waals surface area (Å²) in [6.07, 6.45) is 1.44. The van der Waals surface area contributed by atoms with Crippen LogP contribution in [0.25, 0.3) is 0 Å². The monoisotopic (exact) mass is 278 g/mol. The maximum absolute atomic E-state index is 12.0. The second-order valence-corrected chi connectivity index (χ2v) is 5.79. The van der Waals surface area contributed by atoms with E-state index in [2.05, 4.69) is 15.6 Å². The molecule has 1 aliphatic rings. The second kappa shape index (κ2) is 6.09. The smallest absolute Gasteiger partial charge is 0.410 e. The molecule has 2 heterocycles. The van der Waals surface area contributed by atoms with E-state index in [1.807, 2.05) is 39.0 Å². The number of nitrogens with zero attached hydrogens (tertiary/aromatic N) is 2. The normalized spacial score (nSPS) is 19.6. The lowest BCUT2D eigenvalue weighted by Crippen LogP contribution is -2.56. The Hall–Kier alpha value is -1.82. The number of ether oxygens (including phenoxy) is 1. The summed E-state index contributed by atoms with van der Waals surface area (Å²) in [7, 11) is 0. The molecule has 2 rings (SSSR count). The van der Waals surface area contributed by atoms with E-state index >= 15 is 0 Å². The van der Waals surface area contributed by atoms with Crippen molar-refractivity contribution in [2.75, 3.05) is 25.0 Å². The van der Waals surface area contributed by atoms with Crippen LogP contribution in [0.2, 0.25) is 0 Å². The first kappa shape index (κ1) is 14.6. The molecule has 1 aromatic rings. The van der Waals surface area contributed by atoms with Crippen molar-refractivity contribution in [3.63, 3.8) is 0 Å². The van der Waals surface area contributed by atoms with Gasteiger partial charge in [0.2, 0.25) is 0 Å². The van der Waals surface area contributed by atoms with Crippen molar-refractivity contribution in [3.05, 3.63) is 24.4 Å². The molecule has 110 valence electrons. The first-order valence-electron chi connectivity index (χ1n) is 6.83. The molecule has 6 heteroatoms. The predicted octanol–water partition coefficient (Wildman–Crippen LogP) is 1.66. The summed E-state index contributed by atoms with van der Waals surface area (Å²) in [5.74, 6) is 0.788. The molecule has 1 fully saturated rings. The van der Waals surface area contributed by atoms with Crippen LogP contribution in [-0.2, 0) is 4.74 Å². The molecule has 0 aromatic carbocycles. The summed E-state index contributed by atoms with van der Waals surface area (Å²) in [4.78, 5) is 18.0. The fourth-order valence-electron chi connectivity index (χ4n) is 1.97. The van der Waals surface area contributed by atoms with Gasteiger partial charge in [0.25, 0.3) is 0 Å². The number of nitrogens with one attached hydrogen (secondary N) is 2. The van der Waals surface area contributed by atoms with Crippen molar-refractivity contribution < 1.29 is 9.53 Å². The Labute approximate surface area is 119 Å². The van der Waals surface area contributed by atoms with Gasteiger partial charge in [0, 0.05) is 19.3 Å². The third-order valence-electron chi connectivity index (χ3n) is 2.81. The van der Waals surface area contributed by atoms with Crippen LogP contribution < -0.4 is 10.6 Å². The number of pyridine rings is 1. The molecule has 0 radical (unpaired) electrons. The zero-order valence-electron chi connectivity index (χ0n) is 12.2. The Kier molecular flexibility index (Phi) is 4.44. The first-order valence-corrected chi connectivity index (χ1v) is 6.83. The summed E-state index contributed by atoms with van der Waals surface area (Å²) < 4.78 is 5.39. The SMILES string of the molecule is CC(C)(C)OC(=O)N1CCNC(Nc2ccccn2)C1. The minimum atomic E-state index is -0.466. The maximum atomic E-state index is 12.0. The van der Waals surface area contributed by atoms with Crippen molar-refractivity contribution in [2.24, 2.45) is 0 Å². The lowest BCUT2D eigenvalue weighted by atomic mass is 10.2. The number of rotatable bonds is 2. The number of anilines is 1. The summed E-state index contributed by atoms with van der Waals surface area (Å²) in [6.45, 7) is 7.54. The highest BCUT2D eigenvalue weighted by molar-refractivity contribution is 5.68. The molecule has 0 spiro atoms. The van der Waals surface area contributed by atoms with Gasteiger partial charge < -0.3 is 15.0 Å². The molecule has 0 saturated carbocycles. The molecule has 20 heavy (non-hydrogen) atoms. The molecule has 6 nitrogen and oxygen atoms in total. The molecule has 1 atom stereocenters. The third-order valence-corrected chi connectivity index (χ3v) is 2.81. The van der Waals surface area contributed by atoms with E-state index in [9.17, 15) is 4.79 Å². The third kappa shape index (κ3) is 4.38. The summed E-state index contributed by atoms with van der Waals surface area (Å²) in [6, 6.07) is 5.68. The van der Waals surface area contributed by atoms with Crippen LogP contribution in [0.5, 0.6) is 0 Å². The molecule has 0 aliphatic carbocycles. The second-order valence-electron chi connectivity index (χ2n) is 5.79. The number of carbonyl (C=O) groups is 1. The fourth-order valence-corrected chi connectivity index (χ4v) is 1.97. The first-order chi connectivity index (χ1) is 9.44. The van der Waals surface area contributed by atoms with Gasteiger partial charge in [-0.1, -0.05) is 6.07 Å². The van der Waals surface area contributed by atoms with Crippen molar-refractivity contribution in [1.82, 2.24) is 15.2 Å². The zero-order chi connectivity index (χ0) is 14.6. The average Bonchev–Trinajstić information content (AvgIpc) is 2.38. The topological polar surface area (TPSA) is 66.5 Å². The van der Waals surface area contributed by atoms with Crippen LogP contribution in [0.4, 0.5) is 10.6 Å². The Morgan fingerprint density at radius 2 is 2.30 bits per heavy atom. The average molecular weight is 278 g/mol. The fraction of sp³-hybridized carbons (Fsp3) is 0.571. The van der Waals surface area contributed by atoms with Gasteiger partial charge in [0.15, 0.2) is 0 Å². The highest BCUT2D eigenvalue weighted by Crippen LogP contribution is 2.12. The minimum Gasteiger partial charge on any atom is -0.444 e. The quantitative estimate of drug-likeness (QED) is 0.861. The molecule has 2 N–H and O–H groups in total. The zero-order valence-corrected chi connectivity index (χ0v) is 12.2. The van der Waals surface area contributed by atoms with Crippen molar-refractivity contribution in [1.29, 1.82) is 0 Å². The number of hydrogen-bond acceptors (Lipinski definition) is 5. The number of piperazine rings is 1. The predicted molar refractivity (Wildman–Crippen MR) is 77.5 cm³/mol. The van der Waals surface area contributed by atoms with Crippen LogP contribution in [0.15, 0.2) is 24.4 Å². The van der Waals surface area contributed by atoms with E-state index in [0.717, 1.165) is 12.4 Å². The van der Waals surface area contributed by atoms with E-state index in [1.54, 1.807) is 11.1 Å². The van der Waals surface area contributed by atoms with Gasteiger partial charge in [-0.25, -0.2) is 9.78 Å². The van der Waals surface area contributed by atoms with Gasteiger partial charge in [-0.15, -0.1) is 0 Å². The van der Waals surface area contributed by atoms with E-state index < -0.39 is 5.60 Å². The lowest BCUT2D eigenvalue weighted by Gasteiger charge is -2.35. The number of carbonyl (C=O) groups excluding carboxylic acids is 1. The highest BCUT2D eigenvalue weighted by Gasteiger charge is 2.27. The molecule has 1 saturated heterocycles. The van der Waals surface area contributed by atoms with Gasteiger partial charge in [-0.3, -0.25) is 5.32 Å². The molecule has 1 aromatic heterocycles. The van der Waals surface area contributed by atoms with E-state index in [1.165, 1.54) is 0 Å². The summed E-state index contributed by atoms with van der Waals surface area (Å²) >= 11 is 0. The standard InChI is InChI=1S/C14H22N4O2/c1-14(2,3)20-13(19)18-9-8-16-12(10-18)17-11-6-4-5-7-15-11/h4-7,12,16H,8-10H2,1-3H3,(H,15,17). The Morgan fingerprint density at radius 1 is 1.50 bits per heavy atom. The number of hydrogen-bond donors (Lipinski definition) is 2. The molecule has 1 amide bonds. The van der Waals surface area contributed by atoms with Gasteiger partial charge in [0.05, 0.1) is 12.7 Å². The molecule has 1 unspecified atom stereocenters. The molecular weight excluding hydrogens is 256 g/mol. The summed E-state index contributed by atoms with van der Waals surface area (Å²) in [5, 5.41) is 6.57. The molecule has 0 bridgehead atoms. The van der Waals surface area contributed by atoms with Crippen LogP contribution in [0.1, 0.15) is 20.8 Å². The lowest BCUT2D eigenvalue weighted by molar-refractivity contribution is 0.0204. The van der Waals surface area contributed by atoms with Crippen LogP contribution in [0, 0.1) is 0 Å². The molecular formula is C14H22N4O2. The Morgan fingerprint density at radius 3 is 2.95 bits per heavy atom. The highest BCUT2D eigenvalue weighted by atomic mass is 16.6. The van der Waals surface area contributed by atoms with Gasteiger partial charge in [-0.05, 0) is 32.9 Å². The van der Waals surface area contributed by atoms with Gasteiger partial charge >= 0.3 is 6.09 Å². The van der Waals surface area contributed by atoms with Gasteiger partial charge in [-0.2, -0.15) is 0 Å². The maximum Gasteiger partial charge on any atom is 0.410 e. The molecule has 1 aliphatic heterocycles. The van der Waals surface area contributed by atoms with E-state index in [4.69, 9.17) is 4.74 Å². The van der Waals surface area contributed by atoms with Crippen molar-refractivity contribution in [2.45, 2.75) is 32.5 Å². The van der Waals surface area contributed by atoms with Gasteiger partial charge in [0.1, 0.15) is 11.4 Å². The van der Waals surface area contributed by atoms with E-state index in [0.29, 0.717) is 13.1 Å². The van der Waals surface area contributed by atoms with Crippen molar-refractivity contribution >= 4 is 11.9 Å². The Bertz CT molecular complexity index is 444. The van der Waals surface area contributed by atoms with E-state index in [-0.39, 0.29) is 12.3 Å². The number of amides is 1. The van der Waals surface area contributed by atoms with Crippen LogP contribution in [-0.4, -0.2) is 47.4 Å². The van der Waals surface area contributed by atoms with Crippen molar-refractivity contribution in [3.8, 4) is 0 Å². The Balaban J connectivity index is 1.90.